The lowest BCUT2D eigenvalue weighted by Gasteiger charge is -2.30. The number of nitro benzene ring substituents is 1. The number of anilines is 2. The molecule has 4 rings (SSSR count). The van der Waals surface area contributed by atoms with Gasteiger partial charge in [0.2, 0.25) is 0 Å². The zero-order chi connectivity index (χ0) is 24.2. The minimum absolute atomic E-state index is 0.0346. The van der Waals surface area contributed by atoms with Crippen LogP contribution in [0.5, 0.6) is 5.75 Å². The van der Waals surface area contributed by atoms with Crippen LogP contribution in [0.15, 0.2) is 48.5 Å². The van der Waals surface area contributed by atoms with Crippen molar-refractivity contribution in [1.82, 2.24) is 10.3 Å². The smallest absolute Gasteiger partial charge is 0.273 e. The summed E-state index contributed by atoms with van der Waals surface area (Å²) in [6.45, 7) is 0. The van der Waals surface area contributed by atoms with Crippen molar-refractivity contribution in [2.24, 2.45) is 0 Å². The van der Waals surface area contributed by atoms with E-state index >= 15 is 0 Å². The van der Waals surface area contributed by atoms with Gasteiger partial charge in [0.25, 0.3) is 11.6 Å². The van der Waals surface area contributed by atoms with E-state index in [1.807, 2.05) is 32.3 Å². The number of non-ortho nitro benzene ring substituents is 1. The molecule has 1 saturated carbocycles. The fraction of sp³-hybridized carbons (Fsp3) is 0.360. The molecule has 0 atom stereocenters. The van der Waals surface area contributed by atoms with Crippen LogP contribution in [0.1, 0.15) is 36.0 Å². The summed E-state index contributed by atoms with van der Waals surface area (Å²) in [6.07, 6.45) is 3.45. The average Bonchev–Trinajstić information content (AvgIpc) is 2.84. The van der Waals surface area contributed by atoms with E-state index in [0.717, 1.165) is 48.1 Å². The molecule has 3 aromatic rings. The van der Waals surface area contributed by atoms with Crippen LogP contribution in [-0.2, 0) is 0 Å². The molecule has 0 bridgehead atoms. The quantitative estimate of drug-likeness (QED) is 0.395. The summed E-state index contributed by atoms with van der Waals surface area (Å²) < 4.78 is 5.20. The number of carbonyl (C=O) groups excluding carboxylic acids is 1. The Morgan fingerprint density at radius 2 is 1.79 bits per heavy atom. The number of nitrogens with one attached hydrogen (secondary N) is 2. The molecule has 1 amide bonds. The van der Waals surface area contributed by atoms with E-state index in [0.29, 0.717) is 5.56 Å². The van der Waals surface area contributed by atoms with Crippen LogP contribution in [0, 0.1) is 10.1 Å². The van der Waals surface area contributed by atoms with Crippen molar-refractivity contribution in [3.8, 4) is 5.75 Å². The van der Waals surface area contributed by atoms with Gasteiger partial charge < -0.3 is 20.3 Å². The molecule has 0 radical (unpaired) electrons. The van der Waals surface area contributed by atoms with Crippen LogP contribution in [-0.4, -0.2) is 49.1 Å². The molecular formula is C25H29N5O4. The highest BCUT2D eigenvalue weighted by Gasteiger charge is 2.25. The minimum atomic E-state index is -0.510. The first-order valence-electron chi connectivity index (χ1n) is 11.3. The van der Waals surface area contributed by atoms with E-state index < -0.39 is 4.92 Å². The number of nitrogens with zero attached hydrogens (tertiary/aromatic N) is 3. The van der Waals surface area contributed by atoms with Gasteiger partial charge in [0, 0.05) is 49.4 Å². The van der Waals surface area contributed by atoms with Crippen molar-refractivity contribution < 1.29 is 14.5 Å². The van der Waals surface area contributed by atoms with E-state index in [2.05, 4.69) is 27.7 Å². The van der Waals surface area contributed by atoms with Crippen LogP contribution in [0.4, 0.5) is 17.2 Å². The molecule has 1 aliphatic carbocycles. The Bertz CT molecular complexity index is 1210. The topological polar surface area (TPSA) is 110 Å². The SMILES string of the molecule is COc1cc([N+](=O)[O-])ccc1C(=O)N[C@H]1CC[C@@H](Nc2cc(N(C)C)c3ccccc3n2)CC1. The van der Waals surface area contributed by atoms with Crippen LogP contribution in [0.3, 0.4) is 0 Å². The normalized spacial score (nSPS) is 17.7. The predicted octanol–water partition coefficient (Wildman–Crippen LogP) is 4.37. The molecular weight excluding hydrogens is 434 g/mol. The van der Waals surface area contributed by atoms with Gasteiger partial charge in [-0.3, -0.25) is 14.9 Å². The Morgan fingerprint density at radius 1 is 1.09 bits per heavy atom. The molecule has 0 aliphatic heterocycles. The largest absolute Gasteiger partial charge is 0.496 e. The molecule has 9 nitrogen and oxygen atoms in total. The maximum Gasteiger partial charge on any atom is 0.273 e. The summed E-state index contributed by atoms with van der Waals surface area (Å²) in [4.78, 5) is 30.1. The molecule has 0 unspecified atom stereocenters. The Kier molecular flexibility index (Phi) is 6.81. The van der Waals surface area contributed by atoms with Crippen molar-refractivity contribution in [3.63, 3.8) is 0 Å². The van der Waals surface area contributed by atoms with Crippen molar-refractivity contribution in [2.75, 3.05) is 31.4 Å². The maximum absolute atomic E-state index is 12.8. The molecule has 1 fully saturated rings. The molecule has 34 heavy (non-hydrogen) atoms. The second-order valence-electron chi connectivity index (χ2n) is 8.75. The number of hydrogen-bond donors (Lipinski definition) is 2. The Balaban J connectivity index is 1.38. The lowest BCUT2D eigenvalue weighted by atomic mass is 9.91. The lowest BCUT2D eigenvalue weighted by molar-refractivity contribution is -0.384. The Labute approximate surface area is 198 Å². The van der Waals surface area contributed by atoms with E-state index in [9.17, 15) is 14.9 Å². The fourth-order valence-corrected chi connectivity index (χ4v) is 4.44. The van der Waals surface area contributed by atoms with E-state index in [1.165, 1.54) is 25.3 Å². The first-order chi connectivity index (χ1) is 16.4. The number of benzene rings is 2. The van der Waals surface area contributed by atoms with Crippen LogP contribution < -0.4 is 20.3 Å². The minimum Gasteiger partial charge on any atom is -0.496 e. The van der Waals surface area contributed by atoms with Gasteiger partial charge in [-0.05, 0) is 37.8 Å². The maximum atomic E-state index is 12.8. The molecule has 9 heteroatoms. The monoisotopic (exact) mass is 463 g/mol. The lowest BCUT2D eigenvalue weighted by Crippen LogP contribution is -2.40. The number of para-hydroxylation sites is 1. The van der Waals surface area contributed by atoms with Gasteiger partial charge in [-0.1, -0.05) is 18.2 Å². The number of pyridine rings is 1. The van der Waals surface area contributed by atoms with Gasteiger partial charge >= 0.3 is 0 Å². The van der Waals surface area contributed by atoms with Gasteiger partial charge in [0.1, 0.15) is 11.6 Å². The zero-order valence-corrected chi connectivity index (χ0v) is 19.6. The Hall–Kier alpha value is -3.88. The summed E-state index contributed by atoms with van der Waals surface area (Å²) in [7, 11) is 5.45. The van der Waals surface area contributed by atoms with Crippen molar-refractivity contribution >= 4 is 34.0 Å². The second kappa shape index (κ2) is 9.94. The van der Waals surface area contributed by atoms with Crippen LogP contribution >= 0.6 is 0 Å². The number of amides is 1. The standard InChI is InChI=1S/C25H29N5O4/c1-29(2)22-15-24(28-21-7-5-4-6-19(21)22)26-16-8-10-17(11-9-16)27-25(31)20-13-12-18(30(32)33)14-23(20)34-3/h4-7,12-17H,8-11H2,1-3H3,(H,26,28)(H,27,31)/t16-,17+. The number of nitro groups is 1. The zero-order valence-electron chi connectivity index (χ0n) is 19.6. The van der Waals surface area contributed by atoms with Gasteiger partial charge in [0.05, 0.1) is 29.2 Å². The third-order valence-corrected chi connectivity index (χ3v) is 6.23. The number of hydrogen-bond acceptors (Lipinski definition) is 7. The van der Waals surface area contributed by atoms with Gasteiger partial charge in [-0.2, -0.15) is 0 Å². The van der Waals surface area contributed by atoms with E-state index in [-0.39, 0.29) is 29.4 Å². The highest BCUT2D eigenvalue weighted by Crippen LogP contribution is 2.30. The van der Waals surface area contributed by atoms with E-state index in [4.69, 9.17) is 9.72 Å². The van der Waals surface area contributed by atoms with Crippen LogP contribution in [0.2, 0.25) is 0 Å². The number of carbonyl (C=O) groups is 1. The summed E-state index contributed by atoms with van der Waals surface area (Å²) in [5.41, 5.74) is 2.25. The number of fused-ring (bicyclic) bond motifs is 1. The first kappa shape index (κ1) is 23.3. The highest BCUT2D eigenvalue weighted by atomic mass is 16.6. The predicted molar refractivity (Wildman–Crippen MR) is 133 cm³/mol. The number of ether oxygens (including phenoxy) is 1. The average molecular weight is 464 g/mol. The van der Waals surface area contributed by atoms with Crippen molar-refractivity contribution in [3.05, 3.63) is 64.2 Å². The number of rotatable bonds is 7. The molecule has 2 N–H and O–H groups in total. The van der Waals surface area contributed by atoms with Crippen LogP contribution in [0.25, 0.3) is 10.9 Å². The number of methoxy groups -OCH3 is 1. The fourth-order valence-electron chi connectivity index (χ4n) is 4.44. The highest BCUT2D eigenvalue weighted by molar-refractivity contribution is 5.97. The number of aromatic nitrogens is 1. The molecule has 1 aromatic heterocycles. The second-order valence-corrected chi connectivity index (χ2v) is 8.75. The molecule has 0 spiro atoms. The van der Waals surface area contributed by atoms with Gasteiger partial charge in [0.15, 0.2) is 0 Å². The third-order valence-electron chi connectivity index (χ3n) is 6.23. The third kappa shape index (κ3) is 5.03. The molecule has 178 valence electrons. The summed E-state index contributed by atoms with van der Waals surface area (Å²) in [6, 6.07) is 14.5. The first-order valence-corrected chi connectivity index (χ1v) is 11.3. The van der Waals surface area contributed by atoms with E-state index in [1.54, 1.807) is 0 Å². The van der Waals surface area contributed by atoms with Crippen molar-refractivity contribution in [1.29, 1.82) is 0 Å². The summed E-state index contributed by atoms with van der Waals surface area (Å²) in [5, 5.41) is 18.7. The Morgan fingerprint density at radius 3 is 2.47 bits per heavy atom. The summed E-state index contributed by atoms with van der Waals surface area (Å²) in [5.74, 6) is 0.765. The molecule has 2 aromatic carbocycles. The molecule has 1 aliphatic rings. The molecule has 1 heterocycles. The van der Waals surface area contributed by atoms with Gasteiger partial charge in [-0.15, -0.1) is 0 Å². The van der Waals surface area contributed by atoms with Gasteiger partial charge in [-0.25, -0.2) is 4.98 Å². The molecule has 0 saturated heterocycles. The summed E-state index contributed by atoms with van der Waals surface area (Å²) >= 11 is 0. The van der Waals surface area contributed by atoms with Crippen molar-refractivity contribution in [2.45, 2.75) is 37.8 Å².